The van der Waals surface area contributed by atoms with Crippen LogP contribution in [0.25, 0.3) is 10.9 Å². The van der Waals surface area contributed by atoms with Crippen molar-refractivity contribution in [3.05, 3.63) is 64.3 Å². The van der Waals surface area contributed by atoms with Gasteiger partial charge in [-0.2, -0.15) is 0 Å². The molecule has 5 heteroatoms. The van der Waals surface area contributed by atoms with E-state index >= 15 is 0 Å². The molecule has 0 unspecified atom stereocenters. The van der Waals surface area contributed by atoms with Crippen LogP contribution in [0.15, 0.2) is 53.1 Å². The van der Waals surface area contributed by atoms with Crippen LogP contribution >= 0.6 is 15.9 Å². The molecule has 0 N–H and O–H groups in total. The highest BCUT2D eigenvalue weighted by molar-refractivity contribution is 9.10. The van der Waals surface area contributed by atoms with Crippen molar-refractivity contribution in [3.63, 3.8) is 0 Å². The quantitative estimate of drug-likeness (QED) is 0.568. The number of ether oxygens (including phenoxy) is 2. The molecule has 2 aromatic carbocycles. The fourth-order valence-electron chi connectivity index (χ4n) is 2.94. The Bertz CT molecular complexity index is 887. The van der Waals surface area contributed by atoms with Crippen LogP contribution in [0.3, 0.4) is 0 Å². The van der Waals surface area contributed by atoms with Gasteiger partial charge in [0.2, 0.25) is 0 Å². The van der Waals surface area contributed by atoms with Crippen molar-refractivity contribution >= 4 is 32.8 Å². The van der Waals surface area contributed by atoms with E-state index in [1.165, 1.54) is 5.56 Å². The van der Waals surface area contributed by atoms with E-state index in [0.717, 1.165) is 26.8 Å². The van der Waals surface area contributed by atoms with Gasteiger partial charge in [0.05, 0.1) is 24.7 Å². The molecule has 3 aromatic rings. The molecular formula is C20H20BrNO3. The summed E-state index contributed by atoms with van der Waals surface area (Å²) in [6, 6.07) is 16.2. The third-order valence-corrected chi connectivity index (χ3v) is 5.02. The molecule has 4 nitrogen and oxygen atoms in total. The Labute approximate surface area is 155 Å². The van der Waals surface area contributed by atoms with Gasteiger partial charge < -0.3 is 14.0 Å². The van der Waals surface area contributed by atoms with Crippen molar-refractivity contribution in [2.24, 2.45) is 0 Å². The van der Waals surface area contributed by atoms with Gasteiger partial charge in [-0.3, -0.25) is 4.79 Å². The van der Waals surface area contributed by atoms with Crippen molar-refractivity contribution in [1.82, 2.24) is 4.57 Å². The number of nitrogens with zero attached hydrogens (tertiary/aromatic N) is 1. The third kappa shape index (κ3) is 3.71. The SMILES string of the molecule is CCOC(=O)Cc1c(Br)n(Cc2ccccc2)c2ccc(OC)cc12. The summed E-state index contributed by atoms with van der Waals surface area (Å²) in [5, 5.41) is 0.996. The molecule has 0 fully saturated rings. The Morgan fingerprint density at radius 2 is 1.92 bits per heavy atom. The summed E-state index contributed by atoms with van der Waals surface area (Å²) in [4.78, 5) is 12.0. The van der Waals surface area contributed by atoms with Crippen LogP contribution in [0, 0.1) is 0 Å². The number of rotatable bonds is 6. The largest absolute Gasteiger partial charge is 0.497 e. The first kappa shape index (κ1) is 17.5. The lowest BCUT2D eigenvalue weighted by atomic mass is 10.1. The van der Waals surface area contributed by atoms with Gasteiger partial charge in [0.25, 0.3) is 0 Å². The Morgan fingerprint density at radius 3 is 2.60 bits per heavy atom. The molecule has 0 aliphatic heterocycles. The Morgan fingerprint density at radius 1 is 1.16 bits per heavy atom. The molecule has 0 radical (unpaired) electrons. The second kappa shape index (κ2) is 7.74. The van der Waals surface area contributed by atoms with Gasteiger partial charge in [0.1, 0.15) is 5.75 Å². The molecule has 0 saturated carbocycles. The van der Waals surface area contributed by atoms with E-state index < -0.39 is 0 Å². The van der Waals surface area contributed by atoms with E-state index in [9.17, 15) is 4.79 Å². The van der Waals surface area contributed by atoms with Crippen LogP contribution < -0.4 is 4.74 Å². The molecule has 0 aliphatic carbocycles. The van der Waals surface area contributed by atoms with Gasteiger partial charge in [-0.15, -0.1) is 0 Å². The average molecular weight is 402 g/mol. The monoisotopic (exact) mass is 401 g/mol. The summed E-state index contributed by atoms with van der Waals surface area (Å²) < 4.78 is 13.6. The summed E-state index contributed by atoms with van der Waals surface area (Å²) in [7, 11) is 1.64. The maximum Gasteiger partial charge on any atom is 0.310 e. The molecule has 0 aliphatic rings. The van der Waals surface area contributed by atoms with Crippen LogP contribution in [0.4, 0.5) is 0 Å². The summed E-state index contributed by atoms with van der Waals surface area (Å²) in [6.45, 7) is 2.91. The molecule has 1 aromatic heterocycles. The van der Waals surface area contributed by atoms with E-state index in [0.29, 0.717) is 13.2 Å². The van der Waals surface area contributed by atoms with Crippen molar-refractivity contribution in [2.45, 2.75) is 19.9 Å². The standard InChI is InChI=1S/C20H20BrNO3/c1-3-25-19(23)12-17-16-11-15(24-2)9-10-18(16)22(20(17)21)13-14-7-5-4-6-8-14/h4-11H,3,12-13H2,1-2H3. The summed E-state index contributed by atoms with van der Waals surface area (Å²) in [5.74, 6) is 0.534. The first-order chi connectivity index (χ1) is 12.1. The first-order valence-corrected chi connectivity index (χ1v) is 8.97. The molecule has 0 amide bonds. The van der Waals surface area contributed by atoms with E-state index in [2.05, 4.69) is 32.6 Å². The second-order valence-corrected chi connectivity index (χ2v) is 6.46. The van der Waals surface area contributed by atoms with Crippen molar-refractivity contribution in [3.8, 4) is 5.75 Å². The molecule has 0 spiro atoms. The fraction of sp³-hybridized carbons (Fsp3) is 0.250. The van der Waals surface area contributed by atoms with Crippen molar-refractivity contribution in [2.75, 3.05) is 13.7 Å². The lowest BCUT2D eigenvalue weighted by Gasteiger charge is -2.08. The van der Waals surface area contributed by atoms with E-state index in [-0.39, 0.29) is 12.4 Å². The lowest BCUT2D eigenvalue weighted by Crippen LogP contribution is -2.08. The van der Waals surface area contributed by atoms with Crippen LogP contribution in [0.5, 0.6) is 5.75 Å². The zero-order valence-corrected chi connectivity index (χ0v) is 15.9. The van der Waals surface area contributed by atoms with Gasteiger partial charge in [-0.05, 0) is 46.6 Å². The third-order valence-electron chi connectivity index (χ3n) is 4.12. The zero-order valence-electron chi connectivity index (χ0n) is 14.3. The number of hydrogen-bond acceptors (Lipinski definition) is 3. The molecular weight excluding hydrogens is 382 g/mol. The summed E-state index contributed by atoms with van der Waals surface area (Å²) in [6.07, 6.45) is 0.222. The molecule has 0 bridgehead atoms. The Kier molecular flexibility index (Phi) is 5.43. The minimum atomic E-state index is -0.232. The van der Waals surface area contributed by atoms with E-state index in [4.69, 9.17) is 9.47 Å². The summed E-state index contributed by atoms with van der Waals surface area (Å²) in [5.41, 5.74) is 3.16. The molecule has 130 valence electrons. The fourth-order valence-corrected chi connectivity index (χ4v) is 3.61. The number of methoxy groups -OCH3 is 1. The molecule has 25 heavy (non-hydrogen) atoms. The Balaban J connectivity index is 2.10. The van der Waals surface area contributed by atoms with Gasteiger partial charge in [0, 0.05) is 23.0 Å². The highest BCUT2D eigenvalue weighted by Crippen LogP contribution is 2.34. The number of fused-ring (bicyclic) bond motifs is 1. The minimum absolute atomic E-state index is 0.222. The van der Waals surface area contributed by atoms with Crippen LogP contribution in [-0.4, -0.2) is 24.3 Å². The van der Waals surface area contributed by atoms with Gasteiger partial charge in [-0.1, -0.05) is 30.3 Å². The van der Waals surface area contributed by atoms with E-state index in [1.54, 1.807) is 7.11 Å². The highest BCUT2D eigenvalue weighted by Gasteiger charge is 2.19. The minimum Gasteiger partial charge on any atom is -0.497 e. The number of hydrogen-bond donors (Lipinski definition) is 0. The second-order valence-electron chi connectivity index (χ2n) is 5.71. The molecule has 1 heterocycles. The maximum absolute atomic E-state index is 12.0. The number of carbonyl (C=O) groups excluding carboxylic acids is 1. The van der Waals surface area contributed by atoms with Crippen molar-refractivity contribution in [1.29, 1.82) is 0 Å². The molecule has 0 atom stereocenters. The molecule has 3 rings (SSSR count). The molecule has 0 saturated heterocycles. The van der Waals surface area contributed by atoms with Crippen molar-refractivity contribution < 1.29 is 14.3 Å². The predicted octanol–water partition coefficient (Wildman–Crippen LogP) is 4.57. The zero-order chi connectivity index (χ0) is 17.8. The van der Waals surface area contributed by atoms with Crippen LogP contribution in [0.1, 0.15) is 18.1 Å². The van der Waals surface area contributed by atoms with Crippen LogP contribution in [0.2, 0.25) is 0 Å². The van der Waals surface area contributed by atoms with Gasteiger partial charge in [0.15, 0.2) is 0 Å². The number of aromatic nitrogens is 1. The highest BCUT2D eigenvalue weighted by atomic mass is 79.9. The van der Waals surface area contributed by atoms with Crippen LogP contribution in [-0.2, 0) is 22.5 Å². The lowest BCUT2D eigenvalue weighted by molar-refractivity contribution is -0.142. The van der Waals surface area contributed by atoms with E-state index in [1.807, 2.05) is 43.3 Å². The number of carbonyl (C=O) groups is 1. The maximum atomic E-state index is 12.0. The number of esters is 1. The normalized spacial score (nSPS) is 10.8. The smallest absolute Gasteiger partial charge is 0.310 e. The topological polar surface area (TPSA) is 40.5 Å². The first-order valence-electron chi connectivity index (χ1n) is 8.18. The average Bonchev–Trinajstić information content (AvgIpc) is 2.88. The number of benzene rings is 2. The number of halogens is 1. The Hall–Kier alpha value is -2.27. The van der Waals surface area contributed by atoms with Gasteiger partial charge >= 0.3 is 5.97 Å². The van der Waals surface area contributed by atoms with Gasteiger partial charge in [-0.25, -0.2) is 0 Å². The predicted molar refractivity (Wildman–Crippen MR) is 102 cm³/mol. The summed E-state index contributed by atoms with van der Waals surface area (Å²) >= 11 is 3.69.